The predicted molar refractivity (Wildman–Crippen MR) is 82.8 cm³/mol. The molecule has 2 rings (SSSR count). The SMILES string of the molecule is CCCc1nnsc1C(=O)Cc1nc(C(C)(C)C)cs1. The van der Waals surface area contributed by atoms with Crippen molar-refractivity contribution in [3.05, 3.63) is 26.7 Å². The summed E-state index contributed by atoms with van der Waals surface area (Å²) < 4.78 is 3.90. The van der Waals surface area contributed by atoms with E-state index >= 15 is 0 Å². The van der Waals surface area contributed by atoms with Crippen molar-refractivity contribution in [3.8, 4) is 0 Å². The van der Waals surface area contributed by atoms with Gasteiger partial charge >= 0.3 is 0 Å². The molecule has 2 aromatic rings. The lowest BCUT2D eigenvalue weighted by molar-refractivity contribution is 0.0995. The minimum absolute atomic E-state index is 0.0250. The number of rotatable bonds is 5. The molecule has 0 amide bonds. The Labute approximate surface area is 127 Å². The summed E-state index contributed by atoms with van der Waals surface area (Å²) in [7, 11) is 0. The molecule has 0 bridgehead atoms. The lowest BCUT2D eigenvalue weighted by atomic mass is 9.93. The highest BCUT2D eigenvalue weighted by molar-refractivity contribution is 7.10. The van der Waals surface area contributed by atoms with Crippen molar-refractivity contribution in [2.45, 2.75) is 52.4 Å². The number of Topliss-reactive ketones (excluding diaryl/α,β-unsaturated/α-hetero) is 1. The summed E-state index contributed by atoms with van der Waals surface area (Å²) >= 11 is 2.75. The Kier molecular flexibility index (Phi) is 4.65. The fourth-order valence-corrected chi connectivity index (χ4v) is 3.44. The Morgan fingerprint density at radius 3 is 2.70 bits per heavy atom. The molecule has 2 aromatic heterocycles. The average molecular weight is 309 g/mol. The second-order valence-electron chi connectivity index (χ2n) is 5.78. The number of thiazole rings is 1. The molecule has 0 saturated carbocycles. The molecule has 4 nitrogen and oxygen atoms in total. The average Bonchev–Trinajstić information content (AvgIpc) is 2.97. The number of nitrogens with zero attached hydrogens (tertiary/aromatic N) is 3. The zero-order valence-electron chi connectivity index (χ0n) is 12.3. The summed E-state index contributed by atoms with van der Waals surface area (Å²) in [5, 5.41) is 6.96. The molecule has 20 heavy (non-hydrogen) atoms. The first-order valence-corrected chi connectivity index (χ1v) is 8.36. The van der Waals surface area contributed by atoms with Crippen molar-refractivity contribution in [2.75, 3.05) is 0 Å². The molecule has 108 valence electrons. The van der Waals surface area contributed by atoms with Crippen LogP contribution in [0.15, 0.2) is 5.38 Å². The smallest absolute Gasteiger partial charge is 0.183 e. The molecule has 0 aliphatic heterocycles. The molecule has 0 aliphatic carbocycles. The third-order valence-corrected chi connectivity index (χ3v) is 4.59. The van der Waals surface area contributed by atoms with E-state index in [0.717, 1.165) is 29.2 Å². The molecule has 0 radical (unpaired) electrons. The van der Waals surface area contributed by atoms with Gasteiger partial charge in [0, 0.05) is 10.8 Å². The highest BCUT2D eigenvalue weighted by atomic mass is 32.1. The van der Waals surface area contributed by atoms with E-state index in [4.69, 9.17) is 0 Å². The standard InChI is InChI=1S/C14H19N3OS2/c1-5-6-9-13(20-17-16-9)10(18)7-12-15-11(8-19-12)14(2,3)4/h8H,5-7H2,1-4H3. The van der Waals surface area contributed by atoms with Gasteiger partial charge in [0.05, 0.1) is 17.8 Å². The molecule has 0 aliphatic rings. The van der Waals surface area contributed by atoms with Crippen LogP contribution in [0, 0.1) is 0 Å². The predicted octanol–water partition coefficient (Wildman–Crippen LogP) is 3.67. The lowest BCUT2D eigenvalue weighted by Gasteiger charge is -2.14. The zero-order valence-corrected chi connectivity index (χ0v) is 13.9. The van der Waals surface area contributed by atoms with E-state index in [0.29, 0.717) is 11.3 Å². The summed E-state index contributed by atoms with van der Waals surface area (Å²) in [4.78, 5) is 17.6. The Bertz CT molecular complexity index is 596. The minimum Gasteiger partial charge on any atom is -0.293 e. The van der Waals surface area contributed by atoms with Crippen LogP contribution in [-0.2, 0) is 18.3 Å². The molecule has 2 heterocycles. The van der Waals surface area contributed by atoms with E-state index in [-0.39, 0.29) is 11.2 Å². The van der Waals surface area contributed by atoms with Crippen molar-refractivity contribution in [1.82, 2.24) is 14.6 Å². The van der Waals surface area contributed by atoms with Crippen LogP contribution in [-0.4, -0.2) is 20.4 Å². The van der Waals surface area contributed by atoms with Gasteiger partial charge in [0.2, 0.25) is 0 Å². The number of hydrogen-bond acceptors (Lipinski definition) is 6. The molecule has 0 saturated heterocycles. The molecule has 0 aromatic carbocycles. The van der Waals surface area contributed by atoms with E-state index in [2.05, 4.69) is 42.3 Å². The van der Waals surface area contributed by atoms with Gasteiger partial charge in [0.25, 0.3) is 0 Å². The molecule has 0 N–H and O–H groups in total. The summed E-state index contributed by atoms with van der Waals surface area (Å²) in [6.45, 7) is 8.45. The first kappa shape index (κ1) is 15.3. The summed E-state index contributed by atoms with van der Waals surface area (Å²) in [5.41, 5.74) is 1.90. The van der Waals surface area contributed by atoms with E-state index in [9.17, 15) is 4.79 Å². The van der Waals surface area contributed by atoms with Crippen molar-refractivity contribution in [2.24, 2.45) is 0 Å². The lowest BCUT2D eigenvalue weighted by Crippen LogP contribution is -2.12. The van der Waals surface area contributed by atoms with Crippen molar-refractivity contribution < 1.29 is 4.79 Å². The van der Waals surface area contributed by atoms with Crippen LogP contribution in [0.4, 0.5) is 0 Å². The van der Waals surface area contributed by atoms with Crippen LogP contribution in [0.5, 0.6) is 0 Å². The number of ketones is 1. The van der Waals surface area contributed by atoms with Crippen LogP contribution < -0.4 is 0 Å². The topological polar surface area (TPSA) is 55.7 Å². The van der Waals surface area contributed by atoms with Gasteiger partial charge in [0.15, 0.2) is 5.78 Å². The minimum atomic E-state index is 0.0250. The Hall–Kier alpha value is -1.14. The van der Waals surface area contributed by atoms with Crippen molar-refractivity contribution in [3.63, 3.8) is 0 Å². The van der Waals surface area contributed by atoms with E-state index in [1.165, 1.54) is 11.5 Å². The normalized spacial score (nSPS) is 11.8. The van der Waals surface area contributed by atoms with Gasteiger partial charge < -0.3 is 0 Å². The number of carbonyl (C=O) groups is 1. The summed E-state index contributed by atoms with van der Waals surface area (Å²) in [5.74, 6) is 0.0817. The van der Waals surface area contributed by atoms with Gasteiger partial charge in [-0.25, -0.2) is 4.98 Å². The Morgan fingerprint density at radius 1 is 1.35 bits per heavy atom. The number of aryl methyl sites for hydroxylation is 1. The summed E-state index contributed by atoms with van der Waals surface area (Å²) in [6.07, 6.45) is 2.13. The number of hydrogen-bond donors (Lipinski definition) is 0. The number of carbonyl (C=O) groups excluding carboxylic acids is 1. The highest BCUT2D eigenvalue weighted by Gasteiger charge is 2.20. The molecule has 0 fully saturated rings. The zero-order chi connectivity index (χ0) is 14.8. The Morgan fingerprint density at radius 2 is 2.10 bits per heavy atom. The highest BCUT2D eigenvalue weighted by Crippen LogP contribution is 2.25. The monoisotopic (exact) mass is 309 g/mol. The van der Waals surface area contributed by atoms with Crippen LogP contribution in [0.25, 0.3) is 0 Å². The van der Waals surface area contributed by atoms with Gasteiger partial charge in [-0.3, -0.25) is 4.79 Å². The van der Waals surface area contributed by atoms with Crippen molar-refractivity contribution in [1.29, 1.82) is 0 Å². The fraction of sp³-hybridized carbons (Fsp3) is 0.571. The quantitative estimate of drug-likeness (QED) is 0.791. The van der Waals surface area contributed by atoms with Gasteiger partial charge in [0.1, 0.15) is 9.88 Å². The van der Waals surface area contributed by atoms with Crippen LogP contribution in [0.1, 0.15) is 60.2 Å². The maximum absolute atomic E-state index is 12.3. The van der Waals surface area contributed by atoms with Crippen LogP contribution >= 0.6 is 22.9 Å². The molecular formula is C14H19N3OS2. The van der Waals surface area contributed by atoms with Crippen LogP contribution in [0.2, 0.25) is 0 Å². The molecule has 0 spiro atoms. The van der Waals surface area contributed by atoms with E-state index < -0.39 is 0 Å². The van der Waals surface area contributed by atoms with Crippen LogP contribution in [0.3, 0.4) is 0 Å². The fourth-order valence-electron chi connectivity index (χ4n) is 1.77. The van der Waals surface area contributed by atoms with Gasteiger partial charge in [-0.05, 0) is 18.0 Å². The molecule has 0 unspecified atom stereocenters. The third kappa shape index (κ3) is 3.49. The first-order valence-electron chi connectivity index (χ1n) is 6.71. The van der Waals surface area contributed by atoms with Gasteiger partial charge in [-0.1, -0.05) is 38.6 Å². The van der Waals surface area contributed by atoms with Gasteiger partial charge in [-0.15, -0.1) is 16.4 Å². The van der Waals surface area contributed by atoms with Crippen molar-refractivity contribution >= 4 is 28.7 Å². The van der Waals surface area contributed by atoms with Gasteiger partial charge in [-0.2, -0.15) is 0 Å². The first-order chi connectivity index (χ1) is 9.41. The third-order valence-electron chi connectivity index (χ3n) is 2.93. The van der Waals surface area contributed by atoms with E-state index in [1.54, 1.807) is 11.3 Å². The summed E-state index contributed by atoms with van der Waals surface area (Å²) in [6, 6.07) is 0. The second kappa shape index (κ2) is 6.10. The molecule has 0 atom stereocenters. The van der Waals surface area contributed by atoms with E-state index in [1.807, 2.05) is 5.38 Å². The number of aromatic nitrogens is 3. The largest absolute Gasteiger partial charge is 0.293 e. The molecule has 6 heteroatoms. The maximum Gasteiger partial charge on any atom is 0.183 e. The molecular weight excluding hydrogens is 290 g/mol. The Balaban J connectivity index is 2.11. The maximum atomic E-state index is 12.3. The second-order valence-corrected chi connectivity index (χ2v) is 7.47.